The van der Waals surface area contributed by atoms with Gasteiger partial charge in [0.1, 0.15) is 0 Å². The van der Waals surface area contributed by atoms with Crippen molar-refractivity contribution in [1.82, 2.24) is 0 Å². The van der Waals surface area contributed by atoms with Crippen LogP contribution in [0.5, 0.6) is 0 Å². The molecule has 0 unspecified atom stereocenters. The van der Waals surface area contributed by atoms with E-state index in [-0.39, 0.29) is 0 Å². The second kappa shape index (κ2) is 3.01. The Morgan fingerprint density at radius 1 is 1.60 bits per heavy atom. The third-order valence-electron chi connectivity index (χ3n) is 1.16. The molecule has 1 rings (SSSR count). The predicted molar refractivity (Wildman–Crippen MR) is 40.1 cm³/mol. The highest BCUT2D eigenvalue weighted by molar-refractivity contribution is 5.45. The highest BCUT2D eigenvalue weighted by Crippen LogP contribution is 1.95. The maximum atomic E-state index is 10.6. The van der Waals surface area contributed by atoms with E-state index >= 15 is 0 Å². The number of nitrogens with zero attached hydrogens (tertiary/aromatic N) is 1. The van der Waals surface area contributed by atoms with Crippen LogP contribution in [0.25, 0.3) is 6.08 Å². The van der Waals surface area contributed by atoms with Crippen molar-refractivity contribution in [3.8, 4) is 0 Å². The number of rotatable bonds is 1. The predicted octanol–water partition coefficient (Wildman–Crippen LogP) is 1.35. The maximum Gasteiger partial charge on any atom is 0.187 e. The van der Waals surface area contributed by atoms with Crippen LogP contribution in [0.3, 0.4) is 0 Å². The molecule has 0 aliphatic heterocycles. The van der Waals surface area contributed by atoms with Crippen LogP contribution in [0.1, 0.15) is 12.5 Å². The van der Waals surface area contributed by atoms with Gasteiger partial charge in [0.15, 0.2) is 12.4 Å². The van der Waals surface area contributed by atoms with Crippen molar-refractivity contribution in [1.29, 1.82) is 0 Å². The molecule has 0 saturated carbocycles. The Bertz CT molecular complexity index is 243. The quantitative estimate of drug-likeness (QED) is 0.422. The van der Waals surface area contributed by atoms with Gasteiger partial charge in [-0.1, -0.05) is 12.2 Å². The lowest BCUT2D eigenvalue weighted by Gasteiger charge is -1.94. The SMILES string of the molecule is C/C=C/c1ccc[n+]([O-])c1. The van der Waals surface area contributed by atoms with Crippen LogP contribution in [-0.2, 0) is 0 Å². The van der Waals surface area contributed by atoms with Crippen LogP contribution in [0.15, 0.2) is 30.6 Å². The molecule has 0 saturated heterocycles. The van der Waals surface area contributed by atoms with Crippen molar-refractivity contribution >= 4 is 6.08 Å². The van der Waals surface area contributed by atoms with E-state index in [2.05, 4.69) is 0 Å². The fourth-order valence-electron chi connectivity index (χ4n) is 0.763. The molecule has 1 heterocycles. The molecule has 2 nitrogen and oxygen atoms in total. The Balaban J connectivity index is 2.95. The van der Waals surface area contributed by atoms with Crippen LogP contribution < -0.4 is 4.73 Å². The number of hydrogen-bond donors (Lipinski definition) is 0. The van der Waals surface area contributed by atoms with Gasteiger partial charge in [0.2, 0.25) is 0 Å². The van der Waals surface area contributed by atoms with Crippen molar-refractivity contribution in [3.05, 3.63) is 41.4 Å². The molecule has 1 aromatic rings. The average molecular weight is 135 g/mol. The number of hydrogen-bond acceptors (Lipinski definition) is 1. The van der Waals surface area contributed by atoms with Gasteiger partial charge in [-0.3, -0.25) is 0 Å². The van der Waals surface area contributed by atoms with Gasteiger partial charge in [0, 0.05) is 11.6 Å². The monoisotopic (exact) mass is 135 g/mol. The van der Waals surface area contributed by atoms with E-state index in [1.165, 1.54) is 12.4 Å². The smallest absolute Gasteiger partial charge is 0.187 e. The molecule has 0 aliphatic carbocycles. The molecule has 2 heteroatoms. The number of allylic oxidation sites excluding steroid dienone is 1. The third-order valence-corrected chi connectivity index (χ3v) is 1.16. The lowest BCUT2D eigenvalue weighted by Crippen LogP contribution is -2.24. The Morgan fingerprint density at radius 3 is 3.00 bits per heavy atom. The minimum atomic E-state index is 0.787. The summed E-state index contributed by atoms with van der Waals surface area (Å²) in [5.74, 6) is 0. The average Bonchev–Trinajstić information content (AvgIpc) is 1.88. The summed E-state index contributed by atoms with van der Waals surface area (Å²) in [6.07, 6.45) is 6.77. The Morgan fingerprint density at radius 2 is 2.40 bits per heavy atom. The van der Waals surface area contributed by atoms with Gasteiger partial charge in [0.25, 0.3) is 0 Å². The Hall–Kier alpha value is -1.31. The summed E-state index contributed by atoms with van der Waals surface area (Å²) in [5.41, 5.74) is 0.931. The van der Waals surface area contributed by atoms with E-state index in [1.54, 1.807) is 6.07 Å². The molecule has 1 aromatic heterocycles. The highest BCUT2D eigenvalue weighted by atomic mass is 16.5. The van der Waals surface area contributed by atoms with Crippen LogP contribution in [0, 0.1) is 5.21 Å². The molecule has 52 valence electrons. The minimum Gasteiger partial charge on any atom is -0.619 e. The second-order valence-electron chi connectivity index (χ2n) is 2.00. The first-order valence-electron chi connectivity index (χ1n) is 3.14. The standard InChI is InChI=1S/C8H9NO/c1-2-4-8-5-3-6-9(10)7-8/h2-7H,1H3/b4-2+. The first-order valence-corrected chi connectivity index (χ1v) is 3.14. The Kier molecular flexibility index (Phi) is 2.05. The molecule has 0 aliphatic rings. The first-order chi connectivity index (χ1) is 4.83. The zero-order chi connectivity index (χ0) is 7.40. The normalized spacial score (nSPS) is 10.5. The van der Waals surface area contributed by atoms with Crippen LogP contribution in [-0.4, -0.2) is 0 Å². The molecule has 10 heavy (non-hydrogen) atoms. The summed E-state index contributed by atoms with van der Waals surface area (Å²) < 4.78 is 0.787. The van der Waals surface area contributed by atoms with Crippen LogP contribution in [0.2, 0.25) is 0 Å². The molecule has 0 amide bonds. The molecule has 0 aromatic carbocycles. The highest BCUT2D eigenvalue weighted by Gasteiger charge is 1.88. The van der Waals surface area contributed by atoms with Gasteiger partial charge in [-0.05, 0) is 13.0 Å². The van der Waals surface area contributed by atoms with Crippen molar-refractivity contribution in [3.63, 3.8) is 0 Å². The summed E-state index contributed by atoms with van der Waals surface area (Å²) in [6.45, 7) is 1.92. The van der Waals surface area contributed by atoms with Crippen LogP contribution in [0.4, 0.5) is 0 Å². The molecule has 0 atom stereocenters. The second-order valence-corrected chi connectivity index (χ2v) is 2.00. The van der Waals surface area contributed by atoms with E-state index in [9.17, 15) is 5.21 Å². The van der Waals surface area contributed by atoms with Gasteiger partial charge in [-0.25, -0.2) is 0 Å². The summed E-state index contributed by atoms with van der Waals surface area (Å²) in [7, 11) is 0. The molecule has 0 bridgehead atoms. The molecule has 0 spiro atoms. The largest absolute Gasteiger partial charge is 0.619 e. The van der Waals surface area contributed by atoms with E-state index in [0.717, 1.165) is 10.3 Å². The summed E-state index contributed by atoms with van der Waals surface area (Å²) >= 11 is 0. The van der Waals surface area contributed by atoms with E-state index in [0.29, 0.717) is 0 Å². The van der Waals surface area contributed by atoms with Gasteiger partial charge in [-0.2, -0.15) is 4.73 Å². The summed E-state index contributed by atoms with van der Waals surface area (Å²) in [4.78, 5) is 0. The number of pyridine rings is 1. The molecule has 0 N–H and O–H groups in total. The van der Waals surface area contributed by atoms with Crippen molar-refractivity contribution in [2.45, 2.75) is 6.92 Å². The van der Waals surface area contributed by atoms with E-state index < -0.39 is 0 Å². The fraction of sp³-hybridized carbons (Fsp3) is 0.125. The lowest BCUT2D eigenvalue weighted by atomic mass is 10.3. The molecule has 0 fully saturated rings. The van der Waals surface area contributed by atoms with Crippen molar-refractivity contribution < 1.29 is 4.73 Å². The van der Waals surface area contributed by atoms with Gasteiger partial charge in [0.05, 0.1) is 0 Å². The van der Waals surface area contributed by atoms with E-state index in [1.807, 2.05) is 25.1 Å². The van der Waals surface area contributed by atoms with Crippen molar-refractivity contribution in [2.75, 3.05) is 0 Å². The topological polar surface area (TPSA) is 26.9 Å². The fourth-order valence-corrected chi connectivity index (χ4v) is 0.763. The third kappa shape index (κ3) is 1.58. The molecule has 0 radical (unpaired) electrons. The van der Waals surface area contributed by atoms with Crippen LogP contribution >= 0.6 is 0 Å². The summed E-state index contributed by atoms with van der Waals surface area (Å²) in [6, 6.07) is 3.61. The van der Waals surface area contributed by atoms with Gasteiger partial charge in [-0.15, -0.1) is 0 Å². The molecular weight excluding hydrogens is 126 g/mol. The molecular formula is C8H9NO. The zero-order valence-corrected chi connectivity index (χ0v) is 5.82. The van der Waals surface area contributed by atoms with E-state index in [4.69, 9.17) is 0 Å². The maximum absolute atomic E-state index is 10.6. The zero-order valence-electron chi connectivity index (χ0n) is 5.82. The minimum absolute atomic E-state index is 0.787. The van der Waals surface area contributed by atoms with Crippen molar-refractivity contribution in [2.24, 2.45) is 0 Å². The summed E-state index contributed by atoms with van der Waals surface area (Å²) in [5, 5.41) is 10.6. The van der Waals surface area contributed by atoms with Gasteiger partial charge >= 0.3 is 0 Å². The number of aromatic nitrogens is 1. The lowest BCUT2D eigenvalue weighted by molar-refractivity contribution is -0.605. The van der Waals surface area contributed by atoms with Gasteiger partial charge < -0.3 is 5.21 Å². The Labute approximate surface area is 60.0 Å². The first kappa shape index (κ1) is 6.81.